The lowest BCUT2D eigenvalue weighted by molar-refractivity contribution is 0.0751. The zero-order valence-electron chi connectivity index (χ0n) is 16.0. The summed E-state index contributed by atoms with van der Waals surface area (Å²) in [5.41, 5.74) is 5.45. The van der Waals surface area contributed by atoms with Gasteiger partial charge in [-0.15, -0.1) is 0 Å². The summed E-state index contributed by atoms with van der Waals surface area (Å²) in [5.74, 6) is 2.80. The van der Waals surface area contributed by atoms with Crippen molar-refractivity contribution in [2.45, 2.75) is 18.9 Å². The van der Waals surface area contributed by atoms with Gasteiger partial charge in [0, 0.05) is 24.5 Å². The van der Waals surface area contributed by atoms with Crippen molar-refractivity contribution in [1.82, 2.24) is 0 Å². The number of nitrogens with one attached hydrogen (secondary N) is 1. The molecule has 0 heterocycles. The van der Waals surface area contributed by atoms with Crippen molar-refractivity contribution < 1.29 is 33.6 Å². The van der Waals surface area contributed by atoms with Gasteiger partial charge < -0.3 is 31.1 Å². The lowest BCUT2D eigenvalue weighted by atomic mass is 10.1. The van der Waals surface area contributed by atoms with E-state index in [1.807, 2.05) is 0 Å². The normalized spacial score (nSPS) is 11.4. The number of benzene rings is 2. The summed E-state index contributed by atoms with van der Waals surface area (Å²) in [4.78, 5) is 11.9. The van der Waals surface area contributed by atoms with Gasteiger partial charge in [0.05, 0.1) is 37.3 Å². The number of halogens is 2. The van der Waals surface area contributed by atoms with Crippen molar-refractivity contribution >= 4 is 17.3 Å². The van der Waals surface area contributed by atoms with Crippen LogP contribution in [0.15, 0.2) is 30.3 Å². The van der Waals surface area contributed by atoms with Gasteiger partial charge in [0.1, 0.15) is 22.9 Å². The first-order chi connectivity index (χ1) is 14.3. The highest BCUT2D eigenvalue weighted by atomic mass is 19.1. The molecule has 0 radical (unpaired) electrons. The summed E-state index contributed by atoms with van der Waals surface area (Å²) in [6.07, 6.45) is -0.729. The van der Waals surface area contributed by atoms with Crippen LogP contribution in [0.25, 0.3) is 0 Å². The lowest BCUT2D eigenvalue weighted by Gasteiger charge is -2.16. The van der Waals surface area contributed by atoms with Gasteiger partial charge in [-0.1, -0.05) is 11.8 Å². The number of aliphatic hydroxyl groups excluding tert-OH is 3. The molecule has 0 aliphatic carbocycles. The fourth-order valence-electron chi connectivity index (χ4n) is 2.50. The Morgan fingerprint density at radius 2 is 1.97 bits per heavy atom. The van der Waals surface area contributed by atoms with Crippen LogP contribution in [0.1, 0.15) is 28.8 Å². The van der Waals surface area contributed by atoms with E-state index in [1.165, 1.54) is 12.1 Å². The van der Waals surface area contributed by atoms with E-state index >= 15 is 0 Å². The second-order valence-electron chi connectivity index (χ2n) is 6.26. The summed E-state index contributed by atoms with van der Waals surface area (Å²) in [6, 6.07) is 5.97. The van der Waals surface area contributed by atoms with Gasteiger partial charge in [0.2, 0.25) is 0 Å². The first kappa shape index (κ1) is 23.1. The minimum absolute atomic E-state index is 0.0430. The minimum Gasteiger partial charge on any atom is -0.492 e. The molecule has 0 saturated carbocycles. The van der Waals surface area contributed by atoms with Crippen LogP contribution in [0.4, 0.5) is 20.2 Å². The molecule has 2 rings (SSSR count). The monoisotopic (exact) mass is 420 g/mol. The predicted molar refractivity (Wildman–Crippen MR) is 106 cm³/mol. The molecule has 0 unspecified atom stereocenters. The van der Waals surface area contributed by atoms with E-state index in [0.717, 1.165) is 18.2 Å². The van der Waals surface area contributed by atoms with E-state index in [9.17, 15) is 18.7 Å². The summed E-state index contributed by atoms with van der Waals surface area (Å²) in [7, 11) is 0. The van der Waals surface area contributed by atoms with Crippen LogP contribution in [0.3, 0.4) is 0 Å². The van der Waals surface area contributed by atoms with Crippen LogP contribution >= 0.6 is 0 Å². The van der Waals surface area contributed by atoms with E-state index in [4.69, 9.17) is 20.7 Å². The van der Waals surface area contributed by atoms with Crippen LogP contribution in [-0.2, 0) is 0 Å². The van der Waals surface area contributed by atoms with Crippen molar-refractivity contribution in [3.8, 4) is 17.6 Å². The third-order valence-corrected chi connectivity index (χ3v) is 3.94. The highest BCUT2D eigenvalue weighted by molar-refractivity contribution is 6.02. The SMILES string of the molecule is NC(=O)c1c(Nc2ccc(C#CCCO)cc2F)cc(F)cc1OCC[C@@H](O)CO. The van der Waals surface area contributed by atoms with Crippen molar-refractivity contribution in [3.63, 3.8) is 0 Å². The van der Waals surface area contributed by atoms with Crippen LogP contribution in [0.2, 0.25) is 0 Å². The van der Waals surface area contributed by atoms with Gasteiger partial charge in [-0.05, 0) is 24.3 Å². The second-order valence-corrected chi connectivity index (χ2v) is 6.26. The Morgan fingerprint density at radius 3 is 2.60 bits per heavy atom. The molecule has 6 N–H and O–H groups in total. The van der Waals surface area contributed by atoms with E-state index in [2.05, 4.69) is 17.2 Å². The van der Waals surface area contributed by atoms with Crippen molar-refractivity contribution in [1.29, 1.82) is 0 Å². The molecule has 9 heteroatoms. The average molecular weight is 420 g/mol. The van der Waals surface area contributed by atoms with Gasteiger partial charge >= 0.3 is 0 Å². The largest absolute Gasteiger partial charge is 0.492 e. The zero-order valence-corrected chi connectivity index (χ0v) is 16.0. The molecule has 0 aromatic heterocycles. The third kappa shape index (κ3) is 6.42. The standard InChI is InChI=1S/C21H22F2N2O5/c22-14-10-18(20(21(24)29)19(11-14)30-8-6-15(28)12-27)25-17-5-4-13(9-16(17)23)3-1-2-7-26/h4-5,9-11,15,25-28H,2,6-8,12H2,(H2,24,29)/t15-/m1/s1. The maximum atomic E-state index is 14.4. The molecule has 2 aromatic carbocycles. The Hall–Kier alpha value is -3.19. The van der Waals surface area contributed by atoms with Gasteiger partial charge in [-0.25, -0.2) is 8.78 Å². The number of amides is 1. The van der Waals surface area contributed by atoms with E-state index < -0.39 is 30.3 Å². The van der Waals surface area contributed by atoms with Crippen LogP contribution in [0, 0.1) is 23.5 Å². The third-order valence-electron chi connectivity index (χ3n) is 3.94. The smallest absolute Gasteiger partial charge is 0.254 e. The first-order valence-electron chi connectivity index (χ1n) is 9.07. The maximum absolute atomic E-state index is 14.4. The van der Waals surface area contributed by atoms with Crippen LogP contribution in [-0.4, -0.2) is 47.2 Å². The molecule has 0 spiro atoms. The number of carbonyl (C=O) groups excluding carboxylic acids is 1. The summed E-state index contributed by atoms with van der Waals surface area (Å²) >= 11 is 0. The van der Waals surface area contributed by atoms with E-state index in [0.29, 0.717) is 5.56 Å². The van der Waals surface area contributed by atoms with E-state index in [1.54, 1.807) is 0 Å². The molecule has 1 atom stereocenters. The van der Waals surface area contributed by atoms with Gasteiger partial charge in [-0.2, -0.15) is 0 Å². The Kier molecular flexibility index (Phi) is 8.55. The molecule has 0 bridgehead atoms. The Bertz CT molecular complexity index is 956. The van der Waals surface area contributed by atoms with Gasteiger partial charge in [-0.3, -0.25) is 4.79 Å². The topological polar surface area (TPSA) is 125 Å². The first-order valence-corrected chi connectivity index (χ1v) is 9.07. The highest BCUT2D eigenvalue weighted by Gasteiger charge is 2.19. The summed E-state index contributed by atoms with van der Waals surface area (Å²) in [6.45, 7) is -0.684. The lowest BCUT2D eigenvalue weighted by Crippen LogP contribution is -2.19. The molecule has 0 aliphatic rings. The molecule has 0 aliphatic heterocycles. The summed E-state index contributed by atoms with van der Waals surface area (Å²) < 4.78 is 33.9. The number of rotatable bonds is 9. The molecule has 2 aromatic rings. The number of ether oxygens (including phenoxy) is 1. The molecular formula is C21H22F2N2O5. The second kappa shape index (κ2) is 11.1. The Labute approximate surface area is 172 Å². The van der Waals surface area contributed by atoms with Crippen molar-refractivity contribution in [2.24, 2.45) is 5.73 Å². The minimum atomic E-state index is -1.03. The Balaban J connectivity index is 2.30. The molecule has 160 valence electrons. The number of hydrogen-bond donors (Lipinski definition) is 5. The number of primary amides is 1. The molecule has 30 heavy (non-hydrogen) atoms. The molecule has 0 fully saturated rings. The van der Waals surface area contributed by atoms with Crippen molar-refractivity contribution in [2.75, 3.05) is 25.1 Å². The maximum Gasteiger partial charge on any atom is 0.254 e. The molecule has 1 amide bonds. The molecule has 0 saturated heterocycles. The van der Waals surface area contributed by atoms with E-state index in [-0.39, 0.29) is 48.7 Å². The predicted octanol–water partition coefficient (Wildman–Crippen LogP) is 1.66. The highest BCUT2D eigenvalue weighted by Crippen LogP contribution is 2.31. The number of nitrogens with two attached hydrogens (primary N) is 1. The quantitative estimate of drug-likeness (QED) is 0.393. The van der Waals surface area contributed by atoms with Gasteiger partial charge in [0.25, 0.3) is 5.91 Å². The average Bonchev–Trinajstić information content (AvgIpc) is 2.69. The fourth-order valence-corrected chi connectivity index (χ4v) is 2.50. The van der Waals surface area contributed by atoms with Crippen LogP contribution < -0.4 is 15.8 Å². The Morgan fingerprint density at radius 1 is 1.20 bits per heavy atom. The number of aliphatic hydroxyl groups is 3. The van der Waals surface area contributed by atoms with Crippen molar-refractivity contribution in [3.05, 3.63) is 53.1 Å². The zero-order chi connectivity index (χ0) is 22.1. The number of hydrogen-bond acceptors (Lipinski definition) is 6. The van der Waals surface area contributed by atoms with Gasteiger partial charge in [0.15, 0.2) is 0 Å². The molecular weight excluding hydrogens is 398 g/mol. The number of carbonyl (C=O) groups is 1. The van der Waals surface area contributed by atoms with Crippen LogP contribution in [0.5, 0.6) is 5.75 Å². The summed E-state index contributed by atoms with van der Waals surface area (Å²) in [5, 5.41) is 29.6. The fraction of sp³-hybridized carbons (Fsp3) is 0.286. The molecule has 7 nitrogen and oxygen atoms in total. The number of anilines is 2.